The molecule has 1 aromatic carbocycles. The first-order valence-electron chi connectivity index (χ1n) is 10.4. The van der Waals surface area contributed by atoms with Crippen LogP contribution in [0.3, 0.4) is 0 Å². The molecular weight excluding hydrogens is 357 g/mol. The molecule has 1 N–H and O–H groups in total. The van der Waals surface area contributed by atoms with Crippen molar-refractivity contribution in [2.24, 2.45) is 0 Å². The average Bonchev–Trinajstić information content (AvgIpc) is 2.70. The predicted molar refractivity (Wildman–Crippen MR) is 108 cm³/mol. The molecule has 1 aromatic rings. The normalized spacial score (nSPS) is 21.8. The van der Waals surface area contributed by atoms with Crippen molar-refractivity contribution in [2.45, 2.75) is 57.4 Å². The minimum Gasteiger partial charge on any atom is -0.354 e. The number of benzene rings is 1. The second-order valence-electron chi connectivity index (χ2n) is 8.34. The molecule has 2 amide bonds. The van der Waals surface area contributed by atoms with Crippen LogP contribution in [0.25, 0.3) is 0 Å². The van der Waals surface area contributed by atoms with E-state index in [1.165, 1.54) is 25.3 Å². The maximum absolute atomic E-state index is 13.9. The van der Waals surface area contributed by atoms with Gasteiger partial charge in [-0.25, -0.2) is 4.39 Å². The first-order chi connectivity index (χ1) is 13.4. The molecule has 0 radical (unpaired) electrons. The second kappa shape index (κ2) is 9.03. The lowest BCUT2D eigenvalue weighted by Gasteiger charge is -2.44. The minimum absolute atomic E-state index is 0.0540. The molecule has 6 heteroatoms. The zero-order chi connectivity index (χ0) is 20.1. The molecule has 1 spiro atoms. The van der Waals surface area contributed by atoms with E-state index in [-0.39, 0.29) is 23.2 Å². The summed E-state index contributed by atoms with van der Waals surface area (Å²) in [5.41, 5.74) is 0.837. The first-order valence-corrected chi connectivity index (χ1v) is 10.4. The number of nitrogens with one attached hydrogen (secondary N) is 1. The summed E-state index contributed by atoms with van der Waals surface area (Å²) in [4.78, 5) is 29.5. The number of carbonyl (C=O) groups is 2. The van der Waals surface area contributed by atoms with Crippen LogP contribution in [-0.4, -0.2) is 60.4 Å². The van der Waals surface area contributed by atoms with Gasteiger partial charge in [-0.1, -0.05) is 25.3 Å². The fourth-order valence-electron chi connectivity index (χ4n) is 4.55. The fraction of sp³-hybridized carbons (Fsp3) is 0.636. The largest absolute Gasteiger partial charge is 0.354 e. The van der Waals surface area contributed by atoms with Crippen LogP contribution in [0.15, 0.2) is 18.2 Å². The van der Waals surface area contributed by atoms with Gasteiger partial charge in [-0.3, -0.25) is 9.59 Å². The lowest BCUT2D eigenvalue weighted by molar-refractivity contribution is -0.124. The van der Waals surface area contributed by atoms with Gasteiger partial charge in [0, 0.05) is 43.7 Å². The van der Waals surface area contributed by atoms with E-state index >= 15 is 0 Å². The third-order valence-electron chi connectivity index (χ3n) is 6.42. The van der Waals surface area contributed by atoms with Crippen LogP contribution < -0.4 is 5.32 Å². The molecule has 0 atom stereocenters. The highest BCUT2D eigenvalue weighted by Crippen LogP contribution is 2.36. The maximum Gasteiger partial charge on any atom is 0.254 e. The van der Waals surface area contributed by atoms with Crippen molar-refractivity contribution in [3.05, 3.63) is 35.1 Å². The summed E-state index contributed by atoms with van der Waals surface area (Å²) < 4.78 is 13.9. The van der Waals surface area contributed by atoms with Gasteiger partial charge in [0.1, 0.15) is 5.82 Å². The monoisotopic (exact) mass is 389 g/mol. The molecule has 2 fully saturated rings. The summed E-state index contributed by atoms with van der Waals surface area (Å²) in [6.07, 6.45) is 7.06. The highest BCUT2D eigenvalue weighted by atomic mass is 19.1. The third-order valence-corrected chi connectivity index (χ3v) is 6.42. The summed E-state index contributed by atoms with van der Waals surface area (Å²) in [6, 6.07) is 4.62. The smallest absolute Gasteiger partial charge is 0.254 e. The predicted octanol–water partition coefficient (Wildman–Crippen LogP) is 3.12. The zero-order valence-corrected chi connectivity index (χ0v) is 17.1. The van der Waals surface area contributed by atoms with Gasteiger partial charge < -0.3 is 15.1 Å². The zero-order valence-electron chi connectivity index (χ0n) is 17.1. The number of amides is 2. The van der Waals surface area contributed by atoms with E-state index in [1.807, 2.05) is 0 Å². The topological polar surface area (TPSA) is 52.7 Å². The van der Waals surface area contributed by atoms with Gasteiger partial charge in [0.05, 0.1) is 0 Å². The second-order valence-corrected chi connectivity index (χ2v) is 8.34. The number of carbonyl (C=O) groups excluding carboxylic acids is 2. The van der Waals surface area contributed by atoms with Crippen LogP contribution in [0.2, 0.25) is 0 Å². The molecule has 1 heterocycles. The van der Waals surface area contributed by atoms with Gasteiger partial charge >= 0.3 is 0 Å². The fourth-order valence-corrected chi connectivity index (χ4v) is 4.55. The molecule has 28 heavy (non-hydrogen) atoms. The molecule has 3 rings (SSSR count). The van der Waals surface area contributed by atoms with Crippen LogP contribution in [0.5, 0.6) is 0 Å². The van der Waals surface area contributed by atoms with E-state index in [2.05, 4.69) is 17.3 Å². The minimum atomic E-state index is -0.365. The molecule has 0 aromatic heterocycles. The van der Waals surface area contributed by atoms with E-state index in [0.717, 1.165) is 25.8 Å². The summed E-state index contributed by atoms with van der Waals surface area (Å²) in [5.74, 6) is -0.483. The number of hydrogen-bond donors (Lipinski definition) is 1. The molecule has 1 saturated carbocycles. The van der Waals surface area contributed by atoms with E-state index < -0.39 is 0 Å². The molecule has 0 bridgehead atoms. The molecule has 5 nitrogen and oxygen atoms in total. The third kappa shape index (κ3) is 4.72. The Balaban J connectivity index is 1.72. The summed E-state index contributed by atoms with van der Waals surface area (Å²) in [5, 5.41) is 3.00. The van der Waals surface area contributed by atoms with Gasteiger partial charge in [0.2, 0.25) is 5.91 Å². The Morgan fingerprint density at radius 1 is 1.11 bits per heavy atom. The van der Waals surface area contributed by atoms with Gasteiger partial charge in [0.15, 0.2) is 0 Å². The maximum atomic E-state index is 13.9. The average molecular weight is 390 g/mol. The lowest BCUT2D eigenvalue weighted by Crippen LogP contribution is -2.51. The summed E-state index contributed by atoms with van der Waals surface area (Å²) in [7, 11) is 2.11. The Morgan fingerprint density at radius 2 is 1.86 bits per heavy atom. The number of halogens is 1. The Morgan fingerprint density at radius 3 is 2.57 bits per heavy atom. The van der Waals surface area contributed by atoms with Gasteiger partial charge in [-0.05, 0) is 50.9 Å². The number of hydrogen-bond acceptors (Lipinski definition) is 3. The molecule has 1 aliphatic carbocycles. The van der Waals surface area contributed by atoms with Crippen molar-refractivity contribution in [2.75, 3.05) is 33.2 Å². The summed E-state index contributed by atoms with van der Waals surface area (Å²) in [6.45, 7) is 4.00. The van der Waals surface area contributed by atoms with Gasteiger partial charge in [-0.15, -0.1) is 0 Å². The molecule has 154 valence electrons. The number of nitrogens with zero attached hydrogens (tertiary/aromatic N) is 2. The highest BCUT2D eigenvalue weighted by molar-refractivity contribution is 5.94. The van der Waals surface area contributed by atoms with E-state index in [9.17, 15) is 14.0 Å². The van der Waals surface area contributed by atoms with Gasteiger partial charge in [-0.2, -0.15) is 0 Å². The quantitative estimate of drug-likeness (QED) is 0.803. The van der Waals surface area contributed by atoms with Crippen molar-refractivity contribution in [3.63, 3.8) is 0 Å². The van der Waals surface area contributed by atoms with Crippen LogP contribution in [0.4, 0.5) is 4.39 Å². The van der Waals surface area contributed by atoms with Crippen LogP contribution in [-0.2, 0) is 4.79 Å². The molecular formula is C22H32FN3O2. The van der Waals surface area contributed by atoms with Crippen molar-refractivity contribution in [1.82, 2.24) is 15.1 Å². The Hall–Kier alpha value is -1.95. The number of rotatable bonds is 1. The Kier molecular flexibility index (Phi) is 6.70. The van der Waals surface area contributed by atoms with Crippen molar-refractivity contribution < 1.29 is 14.0 Å². The summed E-state index contributed by atoms with van der Waals surface area (Å²) >= 11 is 0. The Labute approximate surface area is 167 Å². The van der Waals surface area contributed by atoms with Gasteiger partial charge in [0.25, 0.3) is 5.91 Å². The first kappa shape index (κ1) is 20.8. The van der Waals surface area contributed by atoms with E-state index in [0.29, 0.717) is 37.2 Å². The number of aryl methyl sites for hydroxylation is 1. The Bertz CT molecular complexity index is 716. The van der Waals surface area contributed by atoms with Crippen LogP contribution in [0.1, 0.15) is 60.9 Å². The molecule has 1 saturated heterocycles. The van der Waals surface area contributed by atoms with Crippen LogP contribution in [0, 0.1) is 12.7 Å². The van der Waals surface area contributed by atoms with Crippen molar-refractivity contribution >= 4 is 11.8 Å². The van der Waals surface area contributed by atoms with E-state index in [1.54, 1.807) is 24.0 Å². The molecule has 1 aliphatic heterocycles. The lowest BCUT2D eigenvalue weighted by atomic mass is 9.77. The van der Waals surface area contributed by atoms with Crippen molar-refractivity contribution in [1.29, 1.82) is 0 Å². The highest BCUT2D eigenvalue weighted by Gasteiger charge is 2.38. The molecule has 2 aliphatic rings. The van der Waals surface area contributed by atoms with Crippen molar-refractivity contribution in [3.8, 4) is 0 Å². The molecule has 0 unspecified atom stereocenters. The standard InChI is InChI=1S/C22H32FN3O2/c1-17-7-8-18(15-19(17)23)21(28)26-13-6-12-25(2)22(9-4-3-5-10-22)16-20(27)24-11-14-26/h7-8,15H,3-6,9-14,16H2,1-2H3,(H,24,27). The van der Waals surface area contributed by atoms with Crippen LogP contribution >= 0.6 is 0 Å². The SMILES string of the molecule is Cc1ccc(C(=O)N2CCCN(C)C3(CCCCC3)CC(=O)NCC2)cc1F. The van der Waals surface area contributed by atoms with E-state index in [4.69, 9.17) is 0 Å².